The summed E-state index contributed by atoms with van der Waals surface area (Å²) in [6.45, 7) is 2.12. The summed E-state index contributed by atoms with van der Waals surface area (Å²) in [4.78, 5) is 8.51. The summed E-state index contributed by atoms with van der Waals surface area (Å²) in [5.74, 6) is 0.931. The lowest BCUT2D eigenvalue weighted by Crippen LogP contribution is -2.10. The van der Waals surface area contributed by atoms with Crippen molar-refractivity contribution in [2.75, 3.05) is 0 Å². The molecule has 0 spiro atoms. The Morgan fingerprint density at radius 1 is 1.50 bits per heavy atom. The zero-order chi connectivity index (χ0) is 13.0. The highest BCUT2D eigenvalue weighted by molar-refractivity contribution is 9.10. The minimum atomic E-state index is -0.200. The molecular weight excluding hydrogens is 296 g/mol. The SMILES string of the molecule is CCCCC(N)c1nc(-c2ncccc2Br)no1. The molecule has 6 heteroatoms. The third kappa shape index (κ3) is 2.94. The van der Waals surface area contributed by atoms with E-state index in [-0.39, 0.29) is 6.04 Å². The molecule has 0 bridgehead atoms. The molecule has 2 rings (SSSR count). The summed E-state index contributed by atoms with van der Waals surface area (Å²) in [5.41, 5.74) is 6.64. The van der Waals surface area contributed by atoms with E-state index in [0.717, 1.165) is 23.7 Å². The van der Waals surface area contributed by atoms with Crippen LogP contribution in [0.4, 0.5) is 0 Å². The topological polar surface area (TPSA) is 77.8 Å². The van der Waals surface area contributed by atoms with Crippen LogP contribution in [0.5, 0.6) is 0 Å². The maximum absolute atomic E-state index is 5.98. The summed E-state index contributed by atoms with van der Waals surface area (Å²) < 4.78 is 6.02. The number of rotatable bonds is 5. The highest BCUT2D eigenvalue weighted by atomic mass is 79.9. The molecule has 0 aliphatic carbocycles. The number of unbranched alkanes of at least 4 members (excludes halogenated alkanes) is 1. The number of hydrogen-bond donors (Lipinski definition) is 1. The second-order valence-corrected chi connectivity index (χ2v) is 4.89. The molecule has 2 aromatic heterocycles. The van der Waals surface area contributed by atoms with E-state index in [1.807, 2.05) is 12.1 Å². The van der Waals surface area contributed by atoms with E-state index < -0.39 is 0 Å². The molecule has 96 valence electrons. The first kappa shape index (κ1) is 13.2. The molecule has 2 N–H and O–H groups in total. The molecule has 0 saturated heterocycles. The number of hydrogen-bond acceptors (Lipinski definition) is 5. The molecule has 0 amide bonds. The van der Waals surface area contributed by atoms with E-state index in [9.17, 15) is 0 Å². The number of halogens is 1. The second-order valence-electron chi connectivity index (χ2n) is 4.04. The normalized spacial score (nSPS) is 12.6. The molecule has 1 atom stereocenters. The standard InChI is InChI=1S/C12H15BrN4O/c1-2-3-6-9(14)12-16-11(17-18-12)10-8(13)5-4-7-15-10/h4-5,7,9H,2-3,6,14H2,1H3. The Hall–Kier alpha value is -1.27. The predicted molar refractivity (Wildman–Crippen MR) is 71.7 cm³/mol. The van der Waals surface area contributed by atoms with Crippen molar-refractivity contribution in [3.05, 3.63) is 28.7 Å². The summed E-state index contributed by atoms with van der Waals surface area (Å²) in [7, 11) is 0. The van der Waals surface area contributed by atoms with E-state index in [0.29, 0.717) is 17.4 Å². The fraction of sp³-hybridized carbons (Fsp3) is 0.417. The molecule has 0 aromatic carbocycles. The Morgan fingerprint density at radius 3 is 3.06 bits per heavy atom. The van der Waals surface area contributed by atoms with Crippen LogP contribution in [0.3, 0.4) is 0 Å². The fourth-order valence-electron chi connectivity index (χ4n) is 1.58. The van der Waals surface area contributed by atoms with Gasteiger partial charge in [0.2, 0.25) is 11.7 Å². The molecule has 0 fully saturated rings. The van der Waals surface area contributed by atoms with Gasteiger partial charge in [-0.1, -0.05) is 24.9 Å². The highest BCUT2D eigenvalue weighted by Gasteiger charge is 2.17. The molecule has 0 aliphatic heterocycles. The highest BCUT2D eigenvalue weighted by Crippen LogP contribution is 2.24. The van der Waals surface area contributed by atoms with Crippen molar-refractivity contribution in [3.63, 3.8) is 0 Å². The fourth-order valence-corrected chi connectivity index (χ4v) is 2.01. The Labute approximate surface area is 114 Å². The Bertz CT molecular complexity index is 514. The molecule has 0 saturated carbocycles. The summed E-state index contributed by atoms with van der Waals surface area (Å²) in [6, 6.07) is 3.52. The molecule has 1 unspecified atom stereocenters. The van der Waals surface area contributed by atoms with Crippen LogP contribution in [0.2, 0.25) is 0 Å². The van der Waals surface area contributed by atoms with Gasteiger partial charge in [-0.15, -0.1) is 0 Å². The van der Waals surface area contributed by atoms with E-state index in [2.05, 4.69) is 38.0 Å². The van der Waals surface area contributed by atoms with Gasteiger partial charge < -0.3 is 10.3 Å². The largest absolute Gasteiger partial charge is 0.337 e. The smallest absolute Gasteiger partial charge is 0.243 e. The van der Waals surface area contributed by atoms with Gasteiger partial charge in [-0.25, -0.2) is 0 Å². The number of pyridine rings is 1. The van der Waals surface area contributed by atoms with Gasteiger partial charge in [0, 0.05) is 10.7 Å². The van der Waals surface area contributed by atoms with Gasteiger partial charge >= 0.3 is 0 Å². The molecule has 0 aliphatic rings. The Balaban J connectivity index is 2.18. The van der Waals surface area contributed by atoms with Gasteiger partial charge in [0.25, 0.3) is 0 Å². The quantitative estimate of drug-likeness (QED) is 0.918. The lowest BCUT2D eigenvalue weighted by molar-refractivity contribution is 0.346. The first-order chi connectivity index (χ1) is 8.72. The van der Waals surface area contributed by atoms with E-state index in [1.165, 1.54) is 0 Å². The Kier molecular flexibility index (Phi) is 4.43. The third-order valence-corrected chi connectivity index (χ3v) is 3.24. The summed E-state index contributed by atoms with van der Waals surface area (Å²) in [5, 5.41) is 3.92. The van der Waals surface area contributed by atoms with Crippen molar-refractivity contribution >= 4 is 15.9 Å². The predicted octanol–water partition coefficient (Wildman–Crippen LogP) is 3.08. The van der Waals surface area contributed by atoms with Gasteiger partial charge in [0.15, 0.2) is 0 Å². The molecule has 2 aromatic rings. The third-order valence-electron chi connectivity index (χ3n) is 2.60. The van der Waals surface area contributed by atoms with E-state index >= 15 is 0 Å². The van der Waals surface area contributed by atoms with Crippen LogP contribution in [0.15, 0.2) is 27.3 Å². The van der Waals surface area contributed by atoms with Gasteiger partial charge in [-0.3, -0.25) is 4.98 Å². The minimum absolute atomic E-state index is 0.200. The van der Waals surface area contributed by atoms with E-state index in [4.69, 9.17) is 10.3 Å². The van der Waals surface area contributed by atoms with E-state index in [1.54, 1.807) is 6.20 Å². The minimum Gasteiger partial charge on any atom is -0.337 e. The van der Waals surface area contributed by atoms with Crippen molar-refractivity contribution in [2.45, 2.75) is 32.2 Å². The summed E-state index contributed by atoms with van der Waals surface area (Å²) in [6.07, 6.45) is 4.68. The molecule has 0 radical (unpaired) electrons. The van der Waals surface area contributed by atoms with Crippen molar-refractivity contribution in [1.29, 1.82) is 0 Å². The monoisotopic (exact) mass is 310 g/mol. The van der Waals surface area contributed by atoms with Crippen LogP contribution in [0.1, 0.15) is 38.1 Å². The van der Waals surface area contributed by atoms with Gasteiger partial charge in [-0.05, 0) is 34.5 Å². The maximum Gasteiger partial charge on any atom is 0.243 e. The zero-order valence-electron chi connectivity index (χ0n) is 10.1. The molecule has 5 nitrogen and oxygen atoms in total. The second kappa shape index (κ2) is 6.06. The molecule has 2 heterocycles. The number of nitrogens with zero attached hydrogens (tertiary/aromatic N) is 3. The average molecular weight is 311 g/mol. The number of nitrogens with two attached hydrogens (primary N) is 1. The zero-order valence-corrected chi connectivity index (χ0v) is 11.7. The van der Waals surface area contributed by atoms with Crippen molar-refractivity contribution in [2.24, 2.45) is 5.73 Å². The lowest BCUT2D eigenvalue weighted by Gasteiger charge is -2.03. The van der Waals surface area contributed by atoms with Crippen LogP contribution in [-0.2, 0) is 0 Å². The van der Waals surface area contributed by atoms with Crippen LogP contribution < -0.4 is 5.73 Å². The van der Waals surface area contributed by atoms with Crippen molar-refractivity contribution in [1.82, 2.24) is 15.1 Å². The first-order valence-corrected chi connectivity index (χ1v) is 6.71. The van der Waals surface area contributed by atoms with Crippen molar-refractivity contribution in [3.8, 4) is 11.5 Å². The van der Waals surface area contributed by atoms with Crippen LogP contribution in [0, 0.1) is 0 Å². The average Bonchev–Trinajstić information content (AvgIpc) is 2.86. The molecular formula is C12H15BrN4O. The van der Waals surface area contributed by atoms with Crippen LogP contribution >= 0.6 is 15.9 Å². The number of aromatic nitrogens is 3. The van der Waals surface area contributed by atoms with Gasteiger partial charge in [-0.2, -0.15) is 4.98 Å². The molecule has 18 heavy (non-hydrogen) atoms. The lowest BCUT2D eigenvalue weighted by atomic mass is 10.1. The van der Waals surface area contributed by atoms with Crippen LogP contribution in [-0.4, -0.2) is 15.1 Å². The van der Waals surface area contributed by atoms with Crippen LogP contribution in [0.25, 0.3) is 11.5 Å². The van der Waals surface area contributed by atoms with Gasteiger partial charge in [0.05, 0.1) is 6.04 Å². The van der Waals surface area contributed by atoms with Gasteiger partial charge in [0.1, 0.15) is 5.69 Å². The maximum atomic E-state index is 5.98. The first-order valence-electron chi connectivity index (χ1n) is 5.92. The summed E-state index contributed by atoms with van der Waals surface area (Å²) >= 11 is 3.41. The Morgan fingerprint density at radius 2 is 2.33 bits per heavy atom. The van der Waals surface area contributed by atoms with Crippen molar-refractivity contribution < 1.29 is 4.52 Å².